The van der Waals surface area contributed by atoms with E-state index in [2.05, 4.69) is 5.32 Å². The summed E-state index contributed by atoms with van der Waals surface area (Å²) < 4.78 is 35.6. The lowest BCUT2D eigenvalue weighted by molar-refractivity contribution is -0.148. The second kappa shape index (κ2) is 7.40. The molecule has 1 N–H and O–H groups in total. The van der Waals surface area contributed by atoms with Gasteiger partial charge in [-0.15, -0.1) is 0 Å². The third kappa shape index (κ3) is 4.49. The summed E-state index contributed by atoms with van der Waals surface area (Å²) in [5.74, 6) is -0.495. The molecule has 1 amide bonds. The van der Waals surface area contributed by atoms with Gasteiger partial charge in [0.2, 0.25) is 10.0 Å². The standard InChI is InChI=1S/C16H22N2O6S/c1-10-7-12(10)16(20)24-9-15(19)17-13-8-11(5-6-14(13)23-4)25(21,22)18(2)3/h5-6,8,10,12H,7,9H2,1-4H3,(H,17,19)/t10-,12+/m1/s1. The molecule has 1 fully saturated rings. The fourth-order valence-electron chi connectivity index (χ4n) is 2.24. The van der Waals surface area contributed by atoms with Crippen molar-refractivity contribution in [1.82, 2.24) is 4.31 Å². The molecule has 0 spiro atoms. The van der Waals surface area contributed by atoms with Crippen LogP contribution in [-0.4, -0.2) is 52.4 Å². The summed E-state index contributed by atoms with van der Waals surface area (Å²) in [6.07, 6.45) is 0.777. The number of methoxy groups -OCH3 is 1. The molecule has 138 valence electrons. The van der Waals surface area contributed by atoms with E-state index in [4.69, 9.17) is 9.47 Å². The molecule has 0 aliphatic heterocycles. The van der Waals surface area contributed by atoms with Gasteiger partial charge in [0.25, 0.3) is 5.91 Å². The van der Waals surface area contributed by atoms with Gasteiger partial charge in [-0.1, -0.05) is 6.92 Å². The fourth-order valence-corrected chi connectivity index (χ4v) is 3.16. The van der Waals surface area contributed by atoms with Gasteiger partial charge in [-0.2, -0.15) is 0 Å². The molecular weight excluding hydrogens is 348 g/mol. The SMILES string of the molecule is COc1ccc(S(=O)(=O)N(C)C)cc1NC(=O)COC(=O)[C@H]1C[C@H]1C. The molecule has 2 rings (SSSR count). The Labute approximate surface area is 147 Å². The average molecular weight is 370 g/mol. The van der Waals surface area contributed by atoms with E-state index in [9.17, 15) is 18.0 Å². The molecule has 1 aromatic rings. The normalized spacial score (nSPS) is 19.4. The van der Waals surface area contributed by atoms with Crippen molar-refractivity contribution in [3.63, 3.8) is 0 Å². The summed E-state index contributed by atoms with van der Waals surface area (Å²) in [5, 5.41) is 2.51. The number of amides is 1. The summed E-state index contributed by atoms with van der Waals surface area (Å²) in [5.41, 5.74) is 0.186. The first kappa shape index (κ1) is 19.2. The minimum atomic E-state index is -3.65. The molecule has 1 aliphatic rings. The van der Waals surface area contributed by atoms with Crippen molar-refractivity contribution in [2.24, 2.45) is 11.8 Å². The third-order valence-corrected chi connectivity index (χ3v) is 5.79. The number of carbonyl (C=O) groups is 2. The molecule has 0 saturated heterocycles. The van der Waals surface area contributed by atoms with E-state index in [1.165, 1.54) is 39.4 Å². The highest BCUT2D eigenvalue weighted by Crippen LogP contribution is 2.38. The maximum atomic E-state index is 12.2. The predicted octanol–water partition coefficient (Wildman–Crippen LogP) is 1.08. The maximum absolute atomic E-state index is 12.2. The van der Waals surface area contributed by atoms with E-state index in [1.54, 1.807) is 0 Å². The van der Waals surface area contributed by atoms with Crippen molar-refractivity contribution in [1.29, 1.82) is 0 Å². The van der Waals surface area contributed by atoms with Crippen LogP contribution in [-0.2, 0) is 24.3 Å². The molecule has 2 atom stereocenters. The van der Waals surface area contributed by atoms with Crippen LogP contribution in [0.3, 0.4) is 0 Å². The van der Waals surface area contributed by atoms with Gasteiger partial charge in [-0.05, 0) is 30.5 Å². The molecule has 8 nitrogen and oxygen atoms in total. The number of nitrogens with one attached hydrogen (secondary N) is 1. The zero-order valence-corrected chi connectivity index (χ0v) is 15.4. The molecule has 1 aromatic carbocycles. The van der Waals surface area contributed by atoms with Crippen molar-refractivity contribution in [3.8, 4) is 5.75 Å². The van der Waals surface area contributed by atoms with Crippen molar-refractivity contribution < 1.29 is 27.5 Å². The van der Waals surface area contributed by atoms with Gasteiger partial charge >= 0.3 is 5.97 Å². The molecule has 1 saturated carbocycles. The molecule has 1 aliphatic carbocycles. The van der Waals surface area contributed by atoms with Crippen molar-refractivity contribution in [2.45, 2.75) is 18.2 Å². The second-order valence-corrected chi connectivity index (χ2v) is 8.28. The average Bonchev–Trinajstić information content (AvgIpc) is 3.29. The number of benzene rings is 1. The maximum Gasteiger partial charge on any atom is 0.309 e. The minimum Gasteiger partial charge on any atom is -0.495 e. The van der Waals surface area contributed by atoms with Crippen LogP contribution in [0.2, 0.25) is 0 Å². The van der Waals surface area contributed by atoms with Crippen LogP contribution in [0.4, 0.5) is 5.69 Å². The number of ether oxygens (including phenoxy) is 2. The third-order valence-electron chi connectivity index (χ3n) is 3.98. The largest absolute Gasteiger partial charge is 0.495 e. The summed E-state index contributed by atoms with van der Waals surface area (Å²) in [6.45, 7) is 1.50. The Hall–Kier alpha value is -2.13. The Kier molecular flexibility index (Phi) is 5.69. The van der Waals surface area contributed by atoms with Crippen molar-refractivity contribution >= 4 is 27.6 Å². The van der Waals surface area contributed by atoms with E-state index in [0.29, 0.717) is 11.7 Å². The zero-order valence-electron chi connectivity index (χ0n) is 14.6. The van der Waals surface area contributed by atoms with Crippen molar-refractivity contribution in [3.05, 3.63) is 18.2 Å². The van der Waals surface area contributed by atoms with Crippen LogP contribution in [0.5, 0.6) is 5.75 Å². The lowest BCUT2D eigenvalue weighted by Crippen LogP contribution is -2.24. The van der Waals surface area contributed by atoms with Crippen LogP contribution in [0.15, 0.2) is 23.1 Å². The van der Waals surface area contributed by atoms with Gasteiger partial charge < -0.3 is 14.8 Å². The quantitative estimate of drug-likeness (QED) is 0.721. The Bertz CT molecular complexity index is 775. The molecule has 9 heteroatoms. The molecular formula is C16H22N2O6S. The van der Waals surface area contributed by atoms with Crippen LogP contribution >= 0.6 is 0 Å². The Morgan fingerprint density at radius 2 is 1.96 bits per heavy atom. The van der Waals surface area contributed by atoms with Gasteiger partial charge in [0.1, 0.15) is 5.75 Å². The number of hydrogen-bond acceptors (Lipinski definition) is 6. The highest BCUT2D eigenvalue weighted by Gasteiger charge is 2.40. The van der Waals surface area contributed by atoms with E-state index < -0.39 is 28.5 Å². The van der Waals surface area contributed by atoms with Crippen LogP contribution in [0.1, 0.15) is 13.3 Å². The fraction of sp³-hybridized carbons (Fsp3) is 0.500. The van der Waals surface area contributed by atoms with Crippen LogP contribution in [0.25, 0.3) is 0 Å². The number of carbonyl (C=O) groups excluding carboxylic acids is 2. The molecule has 25 heavy (non-hydrogen) atoms. The number of nitrogens with zero attached hydrogens (tertiary/aromatic N) is 1. The first-order chi connectivity index (χ1) is 11.7. The summed E-state index contributed by atoms with van der Waals surface area (Å²) in [6, 6.07) is 4.14. The van der Waals surface area contributed by atoms with Crippen LogP contribution in [0, 0.1) is 11.8 Å². The van der Waals surface area contributed by atoms with Gasteiger partial charge in [0.05, 0.1) is 23.6 Å². The number of rotatable bonds is 7. The van der Waals surface area contributed by atoms with E-state index in [1.807, 2.05) is 6.92 Å². The number of esters is 1. The van der Waals surface area contributed by atoms with Gasteiger partial charge in [0.15, 0.2) is 6.61 Å². The highest BCUT2D eigenvalue weighted by atomic mass is 32.2. The highest BCUT2D eigenvalue weighted by molar-refractivity contribution is 7.89. The first-order valence-electron chi connectivity index (χ1n) is 7.74. The Morgan fingerprint density at radius 1 is 1.32 bits per heavy atom. The number of sulfonamides is 1. The first-order valence-corrected chi connectivity index (χ1v) is 9.18. The lowest BCUT2D eigenvalue weighted by Gasteiger charge is -2.15. The van der Waals surface area contributed by atoms with E-state index in [-0.39, 0.29) is 16.5 Å². The smallest absolute Gasteiger partial charge is 0.309 e. The van der Waals surface area contributed by atoms with Crippen molar-refractivity contribution in [2.75, 3.05) is 33.1 Å². The van der Waals surface area contributed by atoms with Gasteiger partial charge in [-0.3, -0.25) is 9.59 Å². The number of hydrogen-bond donors (Lipinski definition) is 1. The molecule has 0 bridgehead atoms. The minimum absolute atomic E-state index is 0.0115. The topological polar surface area (TPSA) is 102 Å². The molecule has 0 aromatic heterocycles. The lowest BCUT2D eigenvalue weighted by atomic mass is 10.3. The van der Waals surface area contributed by atoms with Gasteiger partial charge in [-0.25, -0.2) is 12.7 Å². The molecule has 0 heterocycles. The summed E-state index contributed by atoms with van der Waals surface area (Å²) in [4.78, 5) is 23.7. The summed E-state index contributed by atoms with van der Waals surface area (Å²) >= 11 is 0. The number of anilines is 1. The van der Waals surface area contributed by atoms with E-state index in [0.717, 1.165) is 10.7 Å². The molecule has 0 unspecified atom stereocenters. The van der Waals surface area contributed by atoms with Gasteiger partial charge in [0, 0.05) is 14.1 Å². The monoisotopic (exact) mass is 370 g/mol. The predicted molar refractivity (Wildman–Crippen MR) is 90.7 cm³/mol. The summed E-state index contributed by atoms with van der Waals surface area (Å²) in [7, 11) is 0.574. The van der Waals surface area contributed by atoms with Crippen LogP contribution < -0.4 is 10.1 Å². The molecule has 0 radical (unpaired) electrons. The Morgan fingerprint density at radius 3 is 2.48 bits per heavy atom. The Balaban J connectivity index is 2.09. The zero-order chi connectivity index (χ0) is 18.8. The second-order valence-electron chi connectivity index (χ2n) is 6.12. The van der Waals surface area contributed by atoms with E-state index >= 15 is 0 Å².